The second-order valence-corrected chi connectivity index (χ2v) is 8.52. The van der Waals surface area contributed by atoms with Crippen LogP contribution in [0.5, 0.6) is 0 Å². The van der Waals surface area contributed by atoms with Crippen LogP contribution >= 0.6 is 0 Å². The number of benzene rings is 3. The van der Waals surface area contributed by atoms with E-state index in [1.165, 1.54) is 12.7 Å². The third kappa shape index (κ3) is 5.17. The number of nitrogens with zero attached hydrogens (tertiary/aromatic N) is 1. The molecule has 0 atom stereocenters. The van der Waals surface area contributed by atoms with E-state index in [1.54, 1.807) is 6.07 Å². The molecular formula is C30H25NO3U. The molecule has 0 amide bonds. The maximum Gasteiger partial charge on any atom is 2.00 e. The number of furan rings is 1. The number of carbonyl (C=O) groups is 1. The molecule has 0 bridgehead atoms. The first-order chi connectivity index (χ1) is 16.6. The van der Waals surface area contributed by atoms with Gasteiger partial charge in [-0.1, -0.05) is 30.3 Å². The summed E-state index contributed by atoms with van der Waals surface area (Å²) in [5, 5.41) is 1.76. The fourth-order valence-electron chi connectivity index (χ4n) is 4.20. The Morgan fingerprint density at radius 2 is 1.80 bits per heavy atom. The summed E-state index contributed by atoms with van der Waals surface area (Å²) in [5.74, 6) is 0.808. The molecule has 5 heteroatoms. The van der Waals surface area contributed by atoms with E-state index in [2.05, 4.69) is 19.1 Å². The number of pyridine rings is 1. The van der Waals surface area contributed by atoms with E-state index < -0.39 is 0 Å². The number of fused-ring (bicyclic) bond motifs is 2. The molecule has 0 saturated heterocycles. The number of methoxy groups -OCH3 is 1. The van der Waals surface area contributed by atoms with Crippen molar-refractivity contribution in [3.8, 4) is 11.5 Å². The molecule has 35 heavy (non-hydrogen) atoms. The fraction of sp³-hybridized carbons (Fsp3) is 0.167. The SMILES string of the molecule is COC(=O)c1cc(-c2oc3ccccc3c2C)nc2c(C3CC3)cc[c-]c12.[CH2-]c1ccccc1.[U+2]. The van der Waals surface area contributed by atoms with Crippen LogP contribution in [-0.4, -0.2) is 18.1 Å². The first-order valence-electron chi connectivity index (χ1n) is 11.4. The van der Waals surface area contributed by atoms with Crippen molar-refractivity contribution < 1.29 is 45.1 Å². The minimum Gasteiger partial charge on any atom is -0.472 e. The molecule has 1 fully saturated rings. The Morgan fingerprint density at radius 3 is 2.43 bits per heavy atom. The first-order valence-corrected chi connectivity index (χ1v) is 11.4. The zero-order valence-electron chi connectivity index (χ0n) is 19.8. The van der Waals surface area contributed by atoms with Crippen molar-refractivity contribution in [2.75, 3.05) is 7.11 Å². The van der Waals surface area contributed by atoms with Gasteiger partial charge in [-0.15, -0.1) is 41.3 Å². The predicted molar refractivity (Wildman–Crippen MR) is 135 cm³/mol. The van der Waals surface area contributed by atoms with E-state index in [4.69, 9.17) is 14.1 Å². The van der Waals surface area contributed by atoms with Gasteiger partial charge in [0.15, 0.2) is 5.76 Å². The van der Waals surface area contributed by atoms with Gasteiger partial charge in [-0.25, -0.2) is 0 Å². The predicted octanol–water partition coefficient (Wildman–Crippen LogP) is 7.29. The second-order valence-electron chi connectivity index (χ2n) is 8.52. The van der Waals surface area contributed by atoms with Crippen LogP contribution in [0.4, 0.5) is 0 Å². The Morgan fingerprint density at radius 1 is 1.09 bits per heavy atom. The number of aryl methyl sites for hydroxylation is 1. The standard InChI is InChI=1S/C23H18NO3.C7H7.U/c1-13-15-6-3-4-9-20(15)27-22(13)19-12-18(23(25)26-2)17-8-5-7-16(14-10-11-14)21(17)24-19;1-7-5-3-2-4-6-7;/h3-7,9,12,14H,10-11H2,1-2H3;2-6H,1H2;/q2*-1;+2. The van der Waals surface area contributed by atoms with Gasteiger partial charge in [0, 0.05) is 10.9 Å². The molecule has 1 aliphatic rings. The Labute approximate surface area is 229 Å². The number of hydrogen-bond acceptors (Lipinski definition) is 4. The van der Waals surface area contributed by atoms with Gasteiger partial charge in [0.25, 0.3) is 5.97 Å². The van der Waals surface area contributed by atoms with E-state index >= 15 is 0 Å². The summed E-state index contributed by atoms with van der Waals surface area (Å²) in [4.78, 5) is 17.4. The van der Waals surface area contributed by atoms with Gasteiger partial charge in [0.1, 0.15) is 5.58 Å². The zero-order valence-corrected chi connectivity index (χ0v) is 24.0. The molecule has 0 N–H and O–H groups in total. The van der Waals surface area contributed by atoms with Gasteiger partial charge in [0.2, 0.25) is 0 Å². The topological polar surface area (TPSA) is 52.3 Å². The number of carbonyl (C=O) groups excluding carboxylic acids is 1. The van der Waals surface area contributed by atoms with Crippen molar-refractivity contribution in [3.63, 3.8) is 0 Å². The maximum atomic E-state index is 12.5. The quantitative estimate of drug-likeness (QED) is 0.148. The van der Waals surface area contributed by atoms with E-state index in [9.17, 15) is 4.79 Å². The van der Waals surface area contributed by atoms with Gasteiger partial charge in [-0.2, -0.15) is 24.6 Å². The number of rotatable bonds is 3. The number of para-hydroxylation sites is 1. The number of aromatic nitrogens is 1. The summed E-state index contributed by atoms with van der Waals surface area (Å²) < 4.78 is 11.1. The molecule has 2 heterocycles. The molecule has 4 nitrogen and oxygen atoms in total. The molecule has 3 aromatic carbocycles. The Balaban J connectivity index is 0.000000313. The first kappa shape index (κ1) is 25.1. The molecule has 0 spiro atoms. The molecule has 1 aliphatic carbocycles. The van der Waals surface area contributed by atoms with Gasteiger partial charge < -0.3 is 9.15 Å². The van der Waals surface area contributed by atoms with Crippen LogP contribution in [0.25, 0.3) is 33.3 Å². The number of esters is 1. The molecule has 0 unspecified atom stereocenters. The van der Waals surface area contributed by atoms with E-state index in [1.807, 2.05) is 67.6 Å². The Bertz CT molecular complexity index is 1490. The van der Waals surface area contributed by atoms with Crippen LogP contribution in [-0.2, 0) is 4.74 Å². The number of hydrogen-bond donors (Lipinski definition) is 0. The summed E-state index contributed by atoms with van der Waals surface area (Å²) in [6.45, 7) is 5.74. The van der Waals surface area contributed by atoms with Gasteiger partial charge in [0.05, 0.1) is 12.8 Å². The van der Waals surface area contributed by atoms with Crippen LogP contribution in [0.2, 0.25) is 0 Å². The van der Waals surface area contributed by atoms with Crippen molar-refractivity contribution in [1.29, 1.82) is 0 Å². The molecular weight excluding hydrogens is 660 g/mol. The van der Waals surface area contributed by atoms with Crippen LogP contribution in [0.1, 0.15) is 45.8 Å². The average Bonchev–Trinajstić information content (AvgIpc) is 3.66. The molecule has 2 aromatic heterocycles. The van der Waals surface area contributed by atoms with Crippen LogP contribution in [0.15, 0.2) is 77.2 Å². The maximum absolute atomic E-state index is 12.5. The molecule has 0 radical (unpaired) electrons. The smallest absolute Gasteiger partial charge is 0.472 e. The van der Waals surface area contributed by atoms with Crippen LogP contribution in [0, 0.1) is 51.0 Å². The molecule has 1 saturated carbocycles. The summed E-state index contributed by atoms with van der Waals surface area (Å²) in [6, 6.07) is 26.7. The van der Waals surface area contributed by atoms with E-state index in [0.29, 0.717) is 28.3 Å². The molecule has 5 aromatic rings. The monoisotopic (exact) mass is 685 g/mol. The summed E-state index contributed by atoms with van der Waals surface area (Å²) >= 11 is 0. The van der Waals surface area contributed by atoms with E-state index in [-0.39, 0.29) is 37.1 Å². The normalized spacial score (nSPS) is 12.5. The third-order valence-electron chi connectivity index (χ3n) is 6.13. The molecule has 0 aliphatic heterocycles. The zero-order chi connectivity index (χ0) is 23.7. The van der Waals surface area contributed by atoms with Crippen molar-refractivity contribution in [1.82, 2.24) is 4.98 Å². The van der Waals surface area contributed by atoms with Crippen molar-refractivity contribution in [2.24, 2.45) is 0 Å². The second kappa shape index (κ2) is 10.7. The van der Waals surface area contributed by atoms with Crippen molar-refractivity contribution in [3.05, 3.63) is 108 Å². The molecule has 172 valence electrons. The van der Waals surface area contributed by atoms with Gasteiger partial charge >= 0.3 is 31.1 Å². The summed E-state index contributed by atoms with van der Waals surface area (Å²) in [6.07, 6.45) is 2.31. The van der Waals surface area contributed by atoms with Gasteiger partial charge in [-0.05, 0) is 42.8 Å². The van der Waals surface area contributed by atoms with E-state index in [0.717, 1.165) is 40.5 Å². The number of ether oxygens (including phenoxy) is 1. The van der Waals surface area contributed by atoms with Crippen molar-refractivity contribution in [2.45, 2.75) is 25.7 Å². The summed E-state index contributed by atoms with van der Waals surface area (Å²) in [5.41, 5.74) is 6.01. The Hall–Kier alpha value is -3.00. The fourth-order valence-corrected chi connectivity index (χ4v) is 4.20. The van der Waals surface area contributed by atoms with Crippen molar-refractivity contribution >= 4 is 27.8 Å². The van der Waals surface area contributed by atoms with Crippen LogP contribution in [0.3, 0.4) is 0 Å². The molecule has 6 rings (SSSR count). The minimum atomic E-state index is -0.387. The largest absolute Gasteiger partial charge is 2.00 e. The summed E-state index contributed by atoms with van der Waals surface area (Å²) in [7, 11) is 1.39. The van der Waals surface area contributed by atoms with Gasteiger partial charge in [-0.3, -0.25) is 9.78 Å². The van der Waals surface area contributed by atoms with Crippen LogP contribution < -0.4 is 0 Å². The third-order valence-corrected chi connectivity index (χ3v) is 6.13. The minimum absolute atomic E-state index is 0. The Kier molecular flexibility index (Phi) is 7.70. The average molecular weight is 686 g/mol.